The van der Waals surface area contributed by atoms with Gasteiger partial charge in [0, 0.05) is 5.02 Å². The van der Waals surface area contributed by atoms with E-state index in [2.05, 4.69) is 0 Å². The Kier molecular flexibility index (Phi) is 4.24. The molecule has 0 aliphatic rings. The third kappa shape index (κ3) is 3.03. The monoisotopic (exact) mass is 262 g/mol. The second-order valence-electron chi connectivity index (χ2n) is 3.96. The minimum atomic E-state index is -0.664. The fourth-order valence-electron chi connectivity index (χ4n) is 1.78. The van der Waals surface area contributed by atoms with Gasteiger partial charge in [0.25, 0.3) is 0 Å². The molecule has 1 atom stereocenters. The first-order valence-corrected chi connectivity index (χ1v) is 6.25. The minimum absolute atomic E-state index is 0.612. The van der Waals surface area contributed by atoms with Gasteiger partial charge in [-0.15, -0.1) is 0 Å². The van der Waals surface area contributed by atoms with Crippen LogP contribution in [0.25, 0.3) is 0 Å². The minimum Gasteiger partial charge on any atom is -0.494 e. The van der Waals surface area contributed by atoms with Crippen molar-refractivity contribution in [3.63, 3.8) is 0 Å². The molecule has 0 spiro atoms. The van der Waals surface area contributed by atoms with Gasteiger partial charge >= 0.3 is 0 Å². The van der Waals surface area contributed by atoms with Crippen LogP contribution in [0.1, 0.15) is 24.2 Å². The average molecular weight is 263 g/mol. The summed E-state index contributed by atoms with van der Waals surface area (Å²) in [6, 6.07) is 14.7. The number of aliphatic hydroxyl groups is 1. The first kappa shape index (κ1) is 12.9. The van der Waals surface area contributed by atoms with Crippen LogP contribution in [-0.4, -0.2) is 11.7 Å². The molecule has 1 N–H and O–H groups in total. The van der Waals surface area contributed by atoms with Gasteiger partial charge < -0.3 is 9.84 Å². The third-order valence-corrected chi connectivity index (χ3v) is 2.92. The number of hydrogen-bond donors (Lipinski definition) is 1. The summed E-state index contributed by atoms with van der Waals surface area (Å²) >= 11 is 5.83. The Bertz CT molecular complexity index is 508. The predicted molar refractivity (Wildman–Crippen MR) is 73.1 cm³/mol. The van der Waals surface area contributed by atoms with Crippen molar-refractivity contribution in [2.45, 2.75) is 13.0 Å². The van der Waals surface area contributed by atoms with E-state index in [0.717, 1.165) is 16.9 Å². The highest BCUT2D eigenvalue weighted by molar-refractivity contribution is 6.30. The molecule has 0 radical (unpaired) electrons. The van der Waals surface area contributed by atoms with Gasteiger partial charge in [-0.2, -0.15) is 0 Å². The third-order valence-electron chi connectivity index (χ3n) is 2.67. The van der Waals surface area contributed by atoms with Crippen LogP contribution in [0.15, 0.2) is 48.5 Å². The molecule has 0 aliphatic carbocycles. The molecule has 0 saturated heterocycles. The Morgan fingerprint density at radius 1 is 1.11 bits per heavy atom. The lowest BCUT2D eigenvalue weighted by atomic mass is 10.0. The summed E-state index contributed by atoms with van der Waals surface area (Å²) in [5, 5.41) is 10.9. The first-order valence-electron chi connectivity index (χ1n) is 5.87. The SMILES string of the molecule is CCOc1cccc(C(O)c2ccc(Cl)cc2)c1. The maximum absolute atomic E-state index is 10.3. The Balaban J connectivity index is 2.24. The zero-order chi connectivity index (χ0) is 13.0. The van der Waals surface area contributed by atoms with Crippen LogP contribution in [0.3, 0.4) is 0 Å². The summed E-state index contributed by atoms with van der Waals surface area (Å²) < 4.78 is 5.42. The number of rotatable bonds is 4. The normalized spacial score (nSPS) is 12.2. The highest BCUT2D eigenvalue weighted by Crippen LogP contribution is 2.25. The lowest BCUT2D eigenvalue weighted by molar-refractivity contribution is 0.219. The standard InChI is InChI=1S/C15H15ClO2/c1-2-18-14-5-3-4-12(10-14)15(17)11-6-8-13(16)9-7-11/h3-10,15,17H,2H2,1H3. The van der Waals surface area contributed by atoms with Gasteiger partial charge in [-0.25, -0.2) is 0 Å². The summed E-state index contributed by atoms with van der Waals surface area (Å²) in [5.74, 6) is 0.767. The van der Waals surface area contributed by atoms with Crippen molar-refractivity contribution < 1.29 is 9.84 Å². The van der Waals surface area contributed by atoms with Gasteiger partial charge in [0.1, 0.15) is 11.9 Å². The van der Waals surface area contributed by atoms with Gasteiger partial charge in [-0.3, -0.25) is 0 Å². The molecule has 1 unspecified atom stereocenters. The van der Waals surface area contributed by atoms with E-state index in [1.807, 2.05) is 43.3 Å². The summed E-state index contributed by atoms with van der Waals surface area (Å²) in [6.07, 6.45) is -0.664. The second-order valence-corrected chi connectivity index (χ2v) is 4.40. The smallest absolute Gasteiger partial charge is 0.119 e. The lowest BCUT2D eigenvalue weighted by Gasteiger charge is -2.13. The number of halogens is 1. The number of benzene rings is 2. The van der Waals surface area contributed by atoms with E-state index in [0.29, 0.717) is 11.6 Å². The summed E-state index contributed by atoms with van der Waals surface area (Å²) in [5.41, 5.74) is 1.62. The van der Waals surface area contributed by atoms with Crippen molar-refractivity contribution >= 4 is 11.6 Å². The van der Waals surface area contributed by atoms with Gasteiger partial charge in [0.05, 0.1) is 6.61 Å². The largest absolute Gasteiger partial charge is 0.494 e. The van der Waals surface area contributed by atoms with Crippen LogP contribution < -0.4 is 4.74 Å². The van der Waals surface area contributed by atoms with Crippen molar-refractivity contribution in [3.8, 4) is 5.75 Å². The van der Waals surface area contributed by atoms with E-state index in [9.17, 15) is 5.11 Å². The fraction of sp³-hybridized carbons (Fsp3) is 0.200. The molecular formula is C15H15ClO2. The number of hydrogen-bond acceptors (Lipinski definition) is 2. The highest BCUT2D eigenvalue weighted by Gasteiger charge is 2.10. The van der Waals surface area contributed by atoms with Gasteiger partial charge in [0.15, 0.2) is 0 Å². The predicted octanol–water partition coefficient (Wildman–Crippen LogP) is 3.82. The van der Waals surface area contributed by atoms with Gasteiger partial charge in [0.2, 0.25) is 0 Å². The zero-order valence-electron chi connectivity index (χ0n) is 10.1. The molecule has 0 heterocycles. The molecule has 2 aromatic carbocycles. The number of ether oxygens (including phenoxy) is 1. The van der Waals surface area contributed by atoms with Crippen molar-refractivity contribution in [1.82, 2.24) is 0 Å². The molecule has 0 saturated carbocycles. The first-order chi connectivity index (χ1) is 8.70. The van der Waals surface area contributed by atoms with Gasteiger partial charge in [-0.1, -0.05) is 35.9 Å². The van der Waals surface area contributed by atoms with Crippen LogP contribution in [0, 0.1) is 0 Å². The molecule has 0 aliphatic heterocycles. The molecule has 0 bridgehead atoms. The maximum atomic E-state index is 10.3. The number of aliphatic hydroxyl groups excluding tert-OH is 1. The van der Waals surface area contributed by atoms with E-state index in [1.165, 1.54) is 0 Å². The Hall–Kier alpha value is -1.51. The van der Waals surface area contributed by atoms with Crippen molar-refractivity contribution in [2.75, 3.05) is 6.61 Å². The summed E-state index contributed by atoms with van der Waals surface area (Å²) in [6.45, 7) is 2.54. The molecular weight excluding hydrogens is 248 g/mol. The van der Waals surface area contributed by atoms with Gasteiger partial charge in [-0.05, 0) is 42.3 Å². The molecule has 0 fully saturated rings. The van der Waals surface area contributed by atoms with E-state index >= 15 is 0 Å². The van der Waals surface area contributed by atoms with Crippen LogP contribution in [-0.2, 0) is 0 Å². The zero-order valence-corrected chi connectivity index (χ0v) is 10.9. The van der Waals surface area contributed by atoms with Crippen LogP contribution in [0.4, 0.5) is 0 Å². The molecule has 2 rings (SSSR count). The Labute approximate surface area is 112 Å². The quantitative estimate of drug-likeness (QED) is 0.908. The molecule has 18 heavy (non-hydrogen) atoms. The Morgan fingerprint density at radius 2 is 1.83 bits per heavy atom. The summed E-state index contributed by atoms with van der Waals surface area (Å²) in [7, 11) is 0. The topological polar surface area (TPSA) is 29.5 Å². The van der Waals surface area contributed by atoms with Crippen LogP contribution >= 0.6 is 11.6 Å². The molecule has 94 valence electrons. The Morgan fingerprint density at radius 3 is 2.50 bits per heavy atom. The molecule has 0 aromatic heterocycles. The second kappa shape index (κ2) is 5.89. The van der Waals surface area contributed by atoms with Crippen molar-refractivity contribution in [2.24, 2.45) is 0 Å². The van der Waals surface area contributed by atoms with Crippen LogP contribution in [0.5, 0.6) is 5.75 Å². The van der Waals surface area contributed by atoms with E-state index in [-0.39, 0.29) is 0 Å². The molecule has 3 heteroatoms. The fourth-order valence-corrected chi connectivity index (χ4v) is 1.90. The van der Waals surface area contributed by atoms with Crippen molar-refractivity contribution in [1.29, 1.82) is 0 Å². The molecule has 0 amide bonds. The van der Waals surface area contributed by atoms with Crippen molar-refractivity contribution in [3.05, 3.63) is 64.7 Å². The maximum Gasteiger partial charge on any atom is 0.119 e. The molecule has 2 aromatic rings. The molecule has 2 nitrogen and oxygen atoms in total. The average Bonchev–Trinajstić information content (AvgIpc) is 2.39. The van der Waals surface area contributed by atoms with Crippen LogP contribution in [0.2, 0.25) is 5.02 Å². The summed E-state index contributed by atoms with van der Waals surface area (Å²) in [4.78, 5) is 0. The van der Waals surface area contributed by atoms with E-state index in [1.54, 1.807) is 12.1 Å². The lowest BCUT2D eigenvalue weighted by Crippen LogP contribution is -2.00. The van der Waals surface area contributed by atoms with E-state index in [4.69, 9.17) is 16.3 Å². The van der Waals surface area contributed by atoms with E-state index < -0.39 is 6.10 Å². The highest BCUT2D eigenvalue weighted by atomic mass is 35.5.